The average molecular weight is 272 g/mol. The van der Waals surface area contributed by atoms with Gasteiger partial charge in [0.25, 0.3) is 0 Å². The minimum absolute atomic E-state index is 0.192. The van der Waals surface area contributed by atoms with E-state index in [9.17, 15) is 4.79 Å². The third-order valence-corrected chi connectivity index (χ3v) is 3.84. The van der Waals surface area contributed by atoms with Gasteiger partial charge in [-0.05, 0) is 24.6 Å². The normalized spacial score (nSPS) is 11.8. The summed E-state index contributed by atoms with van der Waals surface area (Å²) in [5.74, 6) is -0.192. The second kappa shape index (κ2) is 7.00. The van der Waals surface area contributed by atoms with Crippen LogP contribution in [0.4, 0.5) is 0 Å². The molecule has 98 valence electrons. The van der Waals surface area contributed by atoms with Crippen LogP contribution in [0.15, 0.2) is 65.6 Å². The van der Waals surface area contributed by atoms with Crippen molar-refractivity contribution in [1.29, 1.82) is 0 Å². The second-order valence-electron chi connectivity index (χ2n) is 3.97. The molecule has 0 aliphatic heterocycles. The van der Waals surface area contributed by atoms with Gasteiger partial charge in [0, 0.05) is 4.90 Å². The van der Waals surface area contributed by atoms with E-state index in [1.165, 1.54) is 11.8 Å². The predicted molar refractivity (Wildman–Crippen MR) is 78.1 cm³/mol. The zero-order valence-corrected chi connectivity index (χ0v) is 11.6. The fraction of sp³-hybridized carbons (Fsp3) is 0.188. The highest BCUT2D eigenvalue weighted by Gasteiger charge is 2.22. The zero-order valence-electron chi connectivity index (χ0n) is 10.8. The Kier molecular flexibility index (Phi) is 5.04. The molecule has 0 radical (unpaired) electrons. The van der Waals surface area contributed by atoms with E-state index in [2.05, 4.69) is 0 Å². The zero-order chi connectivity index (χ0) is 13.5. The van der Waals surface area contributed by atoms with Crippen LogP contribution in [-0.4, -0.2) is 12.6 Å². The fourth-order valence-corrected chi connectivity index (χ4v) is 2.78. The molecule has 19 heavy (non-hydrogen) atoms. The summed E-state index contributed by atoms with van der Waals surface area (Å²) in [5, 5.41) is -0.316. The molecule has 2 rings (SSSR count). The molecular weight excluding hydrogens is 256 g/mol. The lowest BCUT2D eigenvalue weighted by atomic mass is 10.1. The minimum atomic E-state index is -0.316. The van der Waals surface area contributed by atoms with Gasteiger partial charge in [-0.1, -0.05) is 48.5 Å². The maximum Gasteiger partial charge on any atom is 0.323 e. The van der Waals surface area contributed by atoms with Gasteiger partial charge in [-0.2, -0.15) is 0 Å². The highest BCUT2D eigenvalue weighted by molar-refractivity contribution is 8.00. The van der Waals surface area contributed by atoms with Gasteiger partial charge in [0.2, 0.25) is 0 Å². The van der Waals surface area contributed by atoms with Crippen LogP contribution in [0.3, 0.4) is 0 Å². The van der Waals surface area contributed by atoms with Gasteiger partial charge in [-0.15, -0.1) is 11.8 Å². The third kappa shape index (κ3) is 3.86. The maximum atomic E-state index is 12.1. The highest BCUT2D eigenvalue weighted by atomic mass is 32.2. The Bertz CT molecular complexity index is 511. The van der Waals surface area contributed by atoms with E-state index in [1.54, 1.807) is 0 Å². The van der Waals surface area contributed by atoms with Crippen molar-refractivity contribution in [2.45, 2.75) is 17.1 Å². The molecule has 3 heteroatoms. The third-order valence-electron chi connectivity index (χ3n) is 2.60. The van der Waals surface area contributed by atoms with Crippen LogP contribution in [0.1, 0.15) is 17.7 Å². The van der Waals surface area contributed by atoms with Crippen LogP contribution >= 0.6 is 11.8 Å². The molecule has 0 heterocycles. The number of thioether (sulfide) groups is 1. The first kappa shape index (κ1) is 13.7. The summed E-state index contributed by atoms with van der Waals surface area (Å²) in [4.78, 5) is 13.2. The maximum absolute atomic E-state index is 12.1. The molecule has 0 N–H and O–H groups in total. The smallest absolute Gasteiger partial charge is 0.323 e. The van der Waals surface area contributed by atoms with Gasteiger partial charge in [0.1, 0.15) is 5.25 Å². The van der Waals surface area contributed by atoms with Crippen molar-refractivity contribution in [2.24, 2.45) is 0 Å². The van der Waals surface area contributed by atoms with E-state index in [1.807, 2.05) is 67.6 Å². The molecule has 0 saturated carbocycles. The Labute approximate surface area is 117 Å². The standard InChI is InChI=1S/C16H16O2S/c1-2-18-16(17)15(13-9-5-3-6-10-13)19-14-11-7-4-8-12-14/h3-12,15H,2H2,1H3/t15-/m0/s1. The molecule has 0 spiro atoms. The van der Waals surface area contributed by atoms with Crippen molar-refractivity contribution in [3.05, 3.63) is 66.2 Å². The Morgan fingerprint density at radius 1 is 1.05 bits per heavy atom. The first-order chi connectivity index (χ1) is 9.31. The Morgan fingerprint density at radius 2 is 1.63 bits per heavy atom. The summed E-state index contributed by atoms with van der Waals surface area (Å²) in [6.45, 7) is 2.23. The lowest BCUT2D eigenvalue weighted by molar-refractivity contribution is -0.142. The predicted octanol–water partition coefficient (Wildman–Crippen LogP) is 4.08. The van der Waals surface area contributed by atoms with Crippen molar-refractivity contribution >= 4 is 17.7 Å². The molecule has 0 bridgehead atoms. The van der Waals surface area contributed by atoms with Gasteiger partial charge in [-0.3, -0.25) is 4.79 Å². The Balaban J connectivity index is 2.22. The monoisotopic (exact) mass is 272 g/mol. The van der Waals surface area contributed by atoms with Crippen molar-refractivity contribution in [1.82, 2.24) is 0 Å². The first-order valence-electron chi connectivity index (χ1n) is 6.24. The molecule has 2 aromatic carbocycles. The van der Waals surface area contributed by atoms with Gasteiger partial charge in [0.15, 0.2) is 0 Å². The van der Waals surface area contributed by atoms with Gasteiger partial charge in [-0.25, -0.2) is 0 Å². The lowest BCUT2D eigenvalue weighted by Crippen LogP contribution is -2.13. The molecular formula is C16H16O2S. The lowest BCUT2D eigenvalue weighted by Gasteiger charge is -2.15. The van der Waals surface area contributed by atoms with E-state index in [0.29, 0.717) is 6.61 Å². The molecule has 2 aromatic rings. The van der Waals surface area contributed by atoms with Crippen LogP contribution in [0.2, 0.25) is 0 Å². The quantitative estimate of drug-likeness (QED) is 0.606. The van der Waals surface area contributed by atoms with Gasteiger partial charge < -0.3 is 4.74 Å². The van der Waals surface area contributed by atoms with E-state index in [4.69, 9.17) is 4.74 Å². The van der Waals surface area contributed by atoms with E-state index < -0.39 is 0 Å². The number of rotatable bonds is 5. The summed E-state index contributed by atoms with van der Waals surface area (Å²) in [6.07, 6.45) is 0. The molecule has 0 aliphatic rings. The average Bonchev–Trinajstić information content (AvgIpc) is 2.47. The van der Waals surface area contributed by atoms with Crippen LogP contribution in [0, 0.1) is 0 Å². The van der Waals surface area contributed by atoms with Crippen LogP contribution in [-0.2, 0) is 9.53 Å². The number of carbonyl (C=O) groups is 1. The summed E-state index contributed by atoms with van der Waals surface area (Å²) in [5.41, 5.74) is 0.967. The van der Waals surface area contributed by atoms with Crippen LogP contribution in [0.25, 0.3) is 0 Å². The van der Waals surface area contributed by atoms with Crippen molar-refractivity contribution in [2.75, 3.05) is 6.61 Å². The Morgan fingerprint density at radius 3 is 2.21 bits per heavy atom. The van der Waals surface area contributed by atoms with Crippen molar-refractivity contribution < 1.29 is 9.53 Å². The molecule has 0 aromatic heterocycles. The van der Waals surface area contributed by atoms with Gasteiger partial charge >= 0.3 is 5.97 Å². The molecule has 0 aliphatic carbocycles. The molecule has 0 saturated heterocycles. The fourth-order valence-electron chi connectivity index (χ4n) is 1.73. The summed E-state index contributed by atoms with van der Waals surface area (Å²) >= 11 is 1.52. The van der Waals surface area contributed by atoms with Crippen LogP contribution in [0.5, 0.6) is 0 Å². The van der Waals surface area contributed by atoms with E-state index >= 15 is 0 Å². The number of hydrogen-bond acceptors (Lipinski definition) is 3. The molecule has 0 unspecified atom stereocenters. The number of esters is 1. The molecule has 1 atom stereocenters. The summed E-state index contributed by atoms with van der Waals surface area (Å²) < 4.78 is 5.17. The largest absolute Gasteiger partial charge is 0.465 e. The van der Waals surface area contributed by atoms with Crippen molar-refractivity contribution in [3.63, 3.8) is 0 Å². The van der Waals surface area contributed by atoms with Gasteiger partial charge in [0.05, 0.1) is 6.61 Å². The number of hydrogen-bond donors (Lipinski definition) is 0. The van der Waals surface area contributed by atoms with E-state index in [0.717, 1.165) is 10.5 Å². The van der Waals surface area contributed by atoms with Crippen LogP contribution < -0.4 is 0 Å². The van der Waals surface area contributed by atoms with Crippen molar-refractivity contribution in [3.8, 4) is 0 Å². The SMILES string of the molecule is CCOC(=O)[C@@H](Sc1ccccc1)c1ccccc1. The Hall–Kier alpha value is -1.74. The highest BCUT2D eigenvalue weighted by Crippen LogP contribution is 2.35. The minimum Gasteiger partial charge on any atom is -0.465 e. The first-order valence-corrected chi connectivity index (χ1v) is 7.12. The molecule has 0 amide bonds. The van der Waals surface area contributed by atoms with E-state index in [-0.39, 0.29) is 11.2 Å². The molecule has 0 fully saturated rings. The summed E-state index contributed by atoms with van der Waals surface area (Å²) in [7, 11) is 0. The molecule has 2 nitrogen and oxygen atoms in total. The second-order valence-corrected chi connectivity index (χ2v) is 5.15. The number of ether oxygens (including phenoxy) is 1. The number of carbonyl (C=O) groups excluding carboxylic acids is 1. The topological polar surface area (TPSA) is 26.3 Å². The summed E-state index contributed by atoms with van der Waals surface area (Å²) in [6, 6.07) is 19.6. The number of benzene rings is 2.